The summed E-state index contributed by atoms with van der Waals surface area (Å²) in [5, 5.41) is 13.1. The van der Waals surface area contributed by atoms with E-state index in [0.717, 1.165) is 50.3 Å². The first-order chi connectivity index (χ1) is 9.28. The zero-order valence-corrected chi connectivity index (χ0v) is 11.4. The van der Waals surface area contributed by atoms with Crippen LogP contribution in [0.2, 0.25) is 0 Å². The third-order valence-corrected chi connectivity index (χ3v) is 4.15. The maximum absolute atomic E-state index is 9.85. The van der Waals surface area contributed by atoms with Gasteiger partial charge in [-0.25, -0.2) is 4.98 Å². The molecule has 2 N–H and O–H groups in total. The Morgan fingerprint density at radius 1 is 1.32 bits per heavy atom. The van der Waals surface area contributed by atoms with E-state index in [0.29, 0.717) is 12.1 Å². The zero-order chi connectivity index (χ0) is 13.2. The number of piperidine rings is 1. The minimum atomic E-state index is -0.136. The fourth-order valence-electron chi connectivity index (χ4n) is 3.34. The van der Waals surface area contributed by atoms with Crippen molar-refractivity contribution in [1.82, 2.24) is 9.97 Å². The number of nitrogens with one attached hydrogen (secondary N) is 1. The van der Waals surface area contributed by atoms with Crippen molar-refractivity contribution >= 4 is 11.6 Å². The van der Waals surface area contributed by atoms with Crippen LogP contribution in [0, 0.1) is 0 Å². The lowest BCUT2D eigenvalue weighted by Crippen LogP contribution is -2.45. The van der Waals surface area contributed by atoms with Crippen LogP contribution in [0.1, 0.15) is 39.0 Å². The Morgan fingerprint density at radius 2 is 2.05 bits per heavy atom. The maximum atomic E-state index is 9.85. The van der Waals surface area contributed by atoms with E-state index < -0.39 is 0 Å². The number of anilines is 2. The third kappa shape index (κ3) is 2.52. The van der Waals surface area contributed by atoms with Gasteiger partial charge in [0.25, 0.3) is 0 Å². The van der Waals surface area contributed by atoms with Gasteiger partial charge < -0.3 is 15.3 Å². The van der Waals surface area contributed by atoms with Gasteiger partial charge in [-0.05, 0) is 32.1 Å². The number of aliphatic hydroxyl groups is 1. The molecule has 2 bridgehead atoms. The second kappa shape index (κ2) is 5.33. The summed E-state index contributed by atoms with van der Waals surface area (Å²) in [4.78, 5) is 11.3. The topological polar surface area (TPSA) is 61.3 Å². The number of nitrogens with zero attached hydrogens (tertiary/aromatic N) is 3. The molecule has 2 aliphatic heterocycles. The number of aromatic nitrogens is 2. The standard InChI is InChI=1S/C14H22N4O/c1-2-5-16-13-8-15-9-14(17-13)18-10-3-4-11(18)7-12(19)6-10/h8-12,19H,2-7H2,1H3,(H,16,17). The molecule has 0 amide bonds. The van der Waals surface area contributed by atoms with Crippen LogP contribution in [0.3, 0.4) is 0 Å². The van der Waals surface area contributed by atoms with E-state index in [4.69, 9.17) is 0 Å². The largest absolute Gasteiger partial charge is 0.393 e. The monoisotopic (exact) mass is 262 g/mol. The van der Waals surface area contributed by atoms with E-state index in [1.54, 1.807) is 6.20 Å². The molecule has 2 aliphatic rings. The Bertz CT molecular complexity index is 425. The molecule has 0 aromatic carbocycles. The minimum absolute atomic E-state index is 0.136. The second-order valence-electron chi connectivity index (χ2n) is 5.61. The van der Waals surface area contributed by atoms with Crippen molar-refractivity contribution in [2.24, 2.45) is 0 Å². The first kappa shape index (κ1) is 12.7. The van der Waals surface area contributed by atoms with Crippen LogP contribution in [0.25, 0.3) is 0 Å². The van der Waals surface area contributed by atoms with Crippen molar-refractivity contribution in [2.75, 3.05) is 16.8 Å². The van der Waals surface area contributed by atoms with E-state index in [1.807, 2.05) is 6.20 Å². The molecule has 104 valence electrons. The van der Waals surface area contributed by atoms with Gasteiger partial charge in [-0.15, -0.1) is 0 Å². The smallest absolute Gasteiger partial charge is 0.150 e. The second-order valence-corrected chi connectivity index (χ2v) is 5.61. The molecule has 3 heterocycles. The molecule has 5 heteroatoms. The molecule has 0 spiro atoms. The summed E-state index contributed by atoms with van der Waals surface area (Å²) in [6, 6.07) is 0.869. The molecule has 3 rings (SSSR count). The lowest BCUT2D eigenvalue weighted by Gasteiger charge is -2.37. The van der Waals surface area contributed by atoms with Crippen LogP contribution in [0.4, 0.5) is 11.6 Å². The summed E-state index contributed by atoms with van der Waals surface area (Å²) in [5.74, 6) is 1.81. The Kier molecular flexibility index (Phi) is 3.55. The van der Waals surface area contributed by atoms with Gasteiger partial charge in [-0.1, -0.05) is 6.92 Å². The van der Waals surface area contributed by atoms with E-state index in [-0.39, 0.29) is 6.10 Å². The predicted octanol–water partition coefficient (Wildman–Crippen LogP) is 1.79. The first-order valence-corrected chi connectivity index (χ1v) is 7.30. The van der Waals surface area contributed by atoms with Crippen LogP contribution < -0.4 is 10.2 Å². The molecule has 1 aromatic rings. The average Bonchev–Trinajstić information content (AvgIpc) is 2.69. The summed E-state index contributed by atoms with van der Waals surface area (Å²) < 4.78 is 0. The average molecular weight is 262 g/mol. The molecular weight excluding hydrogens is 240 g/mol. The Balaban J connectivity index is 1.79. The van der Waals surface area contributed by atoms with Crippen molar-refractivity contribution in [3.63, 3.8) is 0 Å². The molecule has 2 fully saturated rings. The highest BCUT2D eigenvalue weighted by molar-refractivity contribution is 5.47. The molecule has 19 heavy (non-hydrogen) atoms. The van der Waals surface area contributed by atoms with Gasteiger partial charge in [-0.3, -0.25) is 4.98 Å². The molecule has 0 radical (unpaired) electrons. The van der Waals surface area contributed by atoms with Gasteiger partial charge in [0.15, 0.2) is 0 Å². The fourth-order valence-corrected chi connectivity index (χ4v) is 3.34. The van der Waals surface area contributed by atoms with Gasteiger partial charge in [0, 0.05) is 18.6 Å². The van der Waals surface area contributed by atoms with Gasteiger partial charge >= 0.3 is 0 Å². The fraction of sp³-hybridized carbons (Fsp3) is 0.714. The van der Waals surface area contributed by atoms with E-state index >= 15 is 0 Å². The number of aliphatic hydroxyl groups excluding tert-OH is 1. The third-order valence-electron chi connectivity index (χ3n) is 4.15. The highest BCUT2D eigenvalue weighted by Crippen LogP contribution is 2.38. The molecule has 2 unspecified atom stereocenters. The normalized spacial score (nSPS) is 29.6. The Morgan fingerprint density at radius 3 is 2.74 bits per heavy atom. The van der Waals surface area contributed by atoms with Crippen molar-refractivity contribution < 1.29 is 5.11 Å². The van der Waals surface area contributed by atoms with Crippen molar-refractivity contribution in [1.29, 1.82) is 0 Å². The number of fused-ring (bicyclic) bond motifs is 2. The summed E-state index contributed by atoms with van der Waals surface area (Å²) >= 11 is 0. The number of hydrogen-bond donors (Lipinski definition) is 2. The SMILES string of the molecule is CCCNc1cncc(N2C3CCC2CC(O)C3)n1. The highest BCUT2D eigenvalue weighted by atomic mass is 16.3. The first-order valence-electron chi connectivity index (χ1n) is 7.30. The molecule has 0 aliphatic carbocycles. The molecule has 2 saturated heterocycles. The van der Waals surface area contributed by atoms with Crippen molar-refractivity contribution in [2.45, 2.75) is 57.2 Å². The summed E-state index contributed by atoms with van der Waals surface area (Å²) in [5.41, 5.74) is 0. The van der Waals surface area contributed by atoms with Crippen molar-refractivity contribution in [3.8, 4) is 0 Å². The van der Waals surface area contributed by atoms with Crippen LogP contribution >= 0.6 is 0 Å². The molecular formula is C14H22N4O. The van der Waals surface area contributed by atoms with E-state index in [1.165, 1.54) is 0 Å². The Hall–Kier alpha value is -1.36. The molecule has 5 nitrogen and oxygen atoms in total. The van der Waals surface area contributed by atoms with Crippen molar-refractivity contribution in [3.05, 3.63) is 12.4 Å². The quantitative estimate of drug-likeness (QED) is 0.866. The Labute approximate surface area is 114 Å². The molecule has 1 aromatic heterocycles. The number of rotatable bonds is 4. The highest BCUT2D eigenvalue weighted by Gasteiger charge is 2.40. The van der Waals surface area contributed by atoms with E-state index in [9.17, 15) is 5.11 Å². The summed E-state index contributed by atoms with van der Waals surface area (Å²) in [6.07, 6.45) is 8.62. The lowest BCUT2D eigenvalue weighted by atomic mass is 10.0. The van der Waals surface area contributed by atoms with Gasteiger partial charge in [0.05, 0.1) is 18.5 Å². The maximum Gasteiger partial charge on any atom is 0.150 e. The number of hydrogen-bond acceptors (Lipinski definition) is 5. The minimum Gasteiger partial charge on any atom is -0.393 e. The van der Waals surface area contributed by atoms with Crippen LogP contribution in [0.15, 0.2) is 12.4 Å². The summed E-state index contributed by atoms with van der Waals surface area (Å²) in [7, 11) is 0. The molecule has 2 atom stereocenters. The van der Waals surface area contributed by atoms with Crippen LogP contribution in [0.5, 0.6) is 0 Å². The zero-order valence-electron chi connectivity index (χ0n) is 11.4. The predicted molar refractivity (Wildman–Crippen MR) is 75.3 cm³/mol. The molecule has 0 saturated carbocycles. The van der Waals surface area contributed by atoms with Gasteiger partial charge in [0.2, 0.25) is 0 Å². The van der Waals surface area contributed by atoms with Gasteiger partial charge in [0.1, 0.15) is 11.6 Å². The van der Waals surface area contributed by atoms with Crippen LogP contribution in [-0.4, -0.2) is 39.8 Å². The van der Waals surface area contributed by atoms with Crippen LogP contribution in [-0.2, 0) is 0 Å². The van der Waals surface area contributed by atoms with E-state index in [2.05, 4.69) is 27.1 Å². The van der Waals surface area contributed by atoms with Gasteiger partial charge in [-0.2, -0.15) is 0 Å². The summed E-state index contributed by atoms with van der Waals surface area (Å²) in [6.45, 7) is 3.06. The lowest BCUT2D eigenvalue weighted by molar-refractivity contribution is 0.126.